The van der Waals surface area contributed by atoms with Crippen molar-refractivity contribution in [3.63, 3.8) is 0 Å². The zero-order valence-corrected chi connectivity index (χ0v) is 15.8. The Labute approximate surface area is 168 Å². The van der Waals surface area contributed by atoms with E-state index in [0.29, 0.717) is 22.1 Å². The maximum Gasteiger partial charge on any atom is 0.170 e. The molecule has 0 aliphatic heterocycles. The summed E-state index contributed by atoms with van der Waals surface area (Å²) in [5.74, 6) is 0.534. The minimum Gasteiger partial charge on any atom is -0.294 e. The van der Waals surface area contributed by atoms with Gasteiger partial charge in [-0.1, -0.05) is 84.4 Å². The van der Waals surface area contributed by atoms with Crippen LogP contribution < -0.4 is 0 Å². The fourth-order valence-electron chi connectivity index (χ4n) is 3.01. The van der Waals surface area contributed by atoms with Gasteiger partial charge in [0.1, 0.15) is 0 Å². The number of aromatic nitrogens is 2. The number of rotatable bonds is 5. The summed E-state index contributed by atoms with van der Waals surface area (Å²) in [7, 11) is 0. The summed E-state index contributed by atoms with van der Waals surface area (Å²) in [4.78, 5) is 22.2. The fraction of sp³-hybridized carbons (Fsp3) is 0.0417. The summed E-state index contributed by atoms with van der Waals surface area (Å²) < 4.78 is 0. The quantitative estimate of drug-likeness (QED) is 0.403. The van der Waals surface area contributed by atoms with Crippen molar-refractivity contribution in [3.05, 3.63) is 107 Å². The molecule has 0 aliphatic rings. The minimum atomic E-state index is -0.0673. The van der Waals surface area contributed by atoms with Crippen LogP contribution in [0.15, 0.2) is 91.0 Å². The van der Waals surface area contributed by atoms with Crippen molar-refractivity contribution in [2.45, 2.75) is 6.42 Å². The first-order valence-electron chi connectivity index (χ1n) is 8.97. The van der Waals surface area contributed by atoms with Gasteiger partial charge in [-0.15, -0.1) is 0 Å². The van der Waals surface area contributed by atoms with Crippen LogP contribution in [0.4, 0.5) is 0 Å². The van der Waals surface area contributed by atoms with Gasteiger partial charge in [0.05, 0.1) is 22.8 Å². The summed E-state index contributed by atoms with van der Waals surface area (Å²) >= 11 is 6.19. The van der Waals surface area contributed by atoms with Gasteiger partial charge < -0.3 is 0 Å². The molecule has 28 heavy (non-hydrogen) atoms. The lowest BCUT2D eigenvalue weighted by Crippen LogP contribution is -2.07. The molecule has 0 unspecified atom stereocenters. The molecule has 0 atom stereocenters. The highest BCUT2D eigenvalue weighted by Crippen LogP contribution is 2.24. The number of carbonyl (C=O) groups excluding carboxylic acids is 1. The first-order chi connectivity index (χ1) is 13.7. The molecule has 1 heterocycles. The standard InChI is InChI=1S/C24H17ClN2O/c25-21-14-8-7-13-20(21)23(28)16-19-15-22(17-9-3-1-4-10-17)27-24(26-19)18-11-5-2-6-12-18/h1-15H,16H2. The summed E-state index contributed by atoms with van der Waals surface area (Å²) in [5, 5.41) is 0.452. The molecular formula is C24H17ClN2O. The molecule has 0 amide bonds. The summed E-state index contributed by atoms with van der Waals surface area (Å²) in [6.07, 6.45) is 0.159. The SMILES string of the molecule is O=C(Cc1cc(-c2ccccc2)nc(-c2ccccc2)n1)c1ccccc1Cl. The molecule has 0 saturated heterocycles. The Balaban J connectivity index is 1.76. The van der Waals surface area contributed by atoms with Crippen molar-refractivity contribution in [2.24, 2.45) is 0 Å². The third-order valence-electron chi connectivity index (χ3n) is 4.40. The summed E-state index contributed by atoms with van der Waals surface area (Å²) in [6, 6.07) is 28.6. The average molecular weight is 385 g/mol. The largest absolute Gasteiger partial charge is 0.294 e. The lowest BCUT2D eigenvalue weighted by atomic mass is 10.0. The van der Waals surface area contributed by atoms with Crippen LogP contribution in [-0.2, 0) is 6.42 Å². The predicted octanol–water partition coefficient (Wildman–Crippen LogP) is 5.89. The zero-order valence-electron chi connectivity index (χ0n) is 15.0. The monoisotopic (exact) mass is 384 g/mol. The van der Waals surface area contributed by atoms with E-state index in [1.165, 1.54) is 0 Å². The molecule has 4 aromatic rings. The predicted molar refractivity (Wildman–Crippen MR) is 112 cm³/mol. The van der Waals surface area contributed by atoms with Crippen molar-refractivity contribution in [3.8, 4) is 22.6 Å². The van der Waals surface area contributed by atoms with E-state index in [4.69, 9.17) is 16.6 Å². The van der Waals surface area contributed by atoms with Crippen LogP contribution in [0, 0.1) is 0 Å². The molecule has 3 aromatic carbocycles. The van der Waals surface area contributed by atoms with E-state index in [9.17, 15) is 4.79 Å². The first-order valence-corrected chi connectivity index (χ1v) is 9.35. The summed E-state index contributed by atoms with van der Waals surface area (Å²) in [5.41, 5.74) is 3.85. The van der Waals surface area contributed by atoms with Crippen molar-refractivity contribution in [2.75, 3.05) is 0 Å². The van der Waals surface area contributed by atoms with Crippen LogP contribution in [0.2, 0.25) is 5.02 Å². The molecule has 4 heteroatoms. The molecule has 4 rings (SSSR count). The highest BCUT2D eigenvalue weighted by atomic mass is 35.5. The molecule has 3 nitrogen and oxygen atoms in total. The van der Waals surface area contributed by atoms with Gasteiger partial charge in [0, 0.05) is 16.7 Å². The van der Waals surface area contributed by atoms with Crippen LogP contribution >= 0.6 is 11.6 Å². The van der Waals surface area contributed by atoms with Crippen LogP contribution in [0.1, 0.15) is 16.1 Å². The number of Topliss-reactive ketones (excluding diaryl/α,β-unsaturated/α-hetero) is 1. The average Bonchev–Trinajstić information content (AvgIpc) is 2.75. The second kappa shape index (κ2) is 8.15. The van der Waals surface area contributed by atoms with E-state index in [1.54, 1.807) is 12.1 Å². The number of carbonyl (C=O) groups is 1. The molecule has 0 radical (unpaired) electrons. The van der Waals surface area contributed by atoms with Gasteiger partial charge in [0.2, 0.25) is 0 Å². The van der Waals surface area contributed by atoms with Gasteiger partial charge in [-0.25, -0.2) is 9.97 Å². The van der Waals surface area contributed by atoms with Crippen molar-refractivity contribution in [1.82, 2.24) is 9.97 Å². The van der Waals surface area contributed by atoms with Crippen molar-refractivity contribution < 1.29 is 4.79 Å². The van der Waals surface area contributed by atoms with Gasteiger partial charge >= 0.3 is 0 Å². The van der Waals surface area contributed by atoms with E-state index in [1.807, 2.05) is 78.9 Å². The Morgan fingerprint density at radius 2 is 1.36 bits per heavy atom. The number of nitrogens with zero attached hydrogens (tertiary/aromatic N) is 2. The van der Waals surface area contributed by atoms with Crippen molar-refractivity contribution >= 4 is 17.4 Å². The van der Waals surface area contributed by atoms with Crippen LogP contribution in [0.3, 0.4) is 0 Å². The Hall–Kier alpha value is -3.30. The fourth-order valence-corrected chi connectivity index (χ4v) is 3.25. The molecule has 0 aliphatic carbocycles. The van der Waals surface area contributed by atoms with Gasteiger partial charge in [-0.05, 0) is 18.2 Å². The molecule has 0 bridgehead atoms. The van der Waals surface area contributed by atoms with Crippen LogP contribution in [0.25, 0.3) is 22.6 Å². The molecule has 1 aromatic heterocycles. The second-order valence-electron chi connectivity index (χ2n) is 6.38. The Kier molecular flexibility index (Phi) is 5.27. The maximum absolute atomic E-state index is 12.8. The molecule has 0 N–H and O–H groups in total. The highest BCUT2D eigenvalue weighted by molar-refractivity contribution is 6.34. The maximum atomic E-state index is 12.8. The zero-order chi connectivity index (χ0) is 19.3. The molecule has 0 fully saturated rings. The van der Waals surface area contributed by atoms with Gasteiger partial charge in [-0.2, -0.15) is 0 Å². The molecular weight excluding hydrogens is 368 g/mol. The van der Waals surface area contributed by atoms with E-state index >= 15 is 0 Å². The third kappa shape index (κ3) is 4.00. The number of benzene rings is 3. The topological polar surface area (TPSA) is 42.9 Å². The third-order valence-corrected chi connectivity index (χ3v) is 4.73. The number of ketones is 1. The smallest absolute Gasteiger partial charge is 0.170 e. The Morgan fingerprint density at radius 1 is 0.750 bits per heavy atom. The highest BCUT2D eigenvalue weighted by Gasteiger charge is 2.14. The lowest BCUT2D eigenvalue weighted by molar-refractivity contribution is 0.0992. The van der Waals surface area contributed by atoms with Crippen molar-refractivity contribution in [1.29, 1.82) is 0 Å². The van der Waals surface area contributed by atoms with Gasteiger partial charge in [-0.3, -0.25) is 4.79 Å². The molecule has 136 valence electrons. The first kappa shape index (κ1) is 18.1. The van der Waals surface area contributed by atoms with E-state index in [2.05, 4.69) is 4.98 Å². The Bertz CT molecular complexity index is 1050. The van der Waals surface area contributed by atoms with Gasteiger partial charge in [0.25, 0.3) is 0 Å². The van der Waals surface area contributed by atoms with Crippen LogP contribution in [-0.4, -0.2) is 15.8 Å². The molecule has 0 saturated carbocycles. The normalized spacial score (nSPS) is 10.6. The Morgan fingerprint density at radius 3 is 2.04 bits per heavy atom. The van der Waals surface area contributed by atoms with Crippen LogP contribution in [0.5, 0.6) is 0 Å². The number of hydrogen-bond donors (Lipinski definition) is 0. The minimum absolute atomic E-state index is 0.0673. The molecule has 0 spiro atoms. The number of halogens is 1. The second-order valence-corrected chi connectivity index (χ2v) is 6.79. The van der Waals surface area contributed by atoms with E-state index < -0.39 is 0 Å². The van der Waals surface area contributed by atoms with Gasteiger partial charge in [0.15, 0.2) is 11.6 Å². The van der Waals surface area contributed by atoms with E-state index in [0.717, 1.165) is 16.8 Å². The number of hydrogen-bond acceptors (Lipinski definition) is 3. The lowest BCUT2D eigenvalue weighted by Gasteiger charge is -2.09. The van der Waals surface area contributed by atoms with E-state index in [-0.39, 0.29) is 12.2 Å². The summed E-state index contributed by atoms with van der Waals surface area (Å²) in [6.45, 7) is 0.